The van der Waals surface area contributed by atoms with Gasteiger partial charge >= 0.3 is 0 Å². The van der Waals surface area contributed by atoms with Crippen molar-refractivity contribution in [3.8, 4) is 11.1 Å². The largest absolute Gasteiger partial charge is 0.395 e. The molecule has 0 atom stereocenters. The zero-order chi connectivity index (χ0) is 16.8. The zero-order valence-corrected chi connectivity index (χ0v) is 14.6. The van der Waals surface area contributed by atoms with Gasteiger partial charge in [-0.25, -0.2) is 9.37 Å². The smallest absolute Gasteiger partial charge is 0.141 e. The van der Waals surface area contributed by atoms with Crippen molar-refractivity contribution in [2.45, 2.75) is 6.54 Å². The van der Waals surface area contributed by atoms with Crippen molar-refractivity contribution in [2.75, 3.05) is 6.61 Å². The number of hydrogen-bond acceptors (Lipinski definition) is 2. The van der Waals surface area contributed by atoms with E-state index in [1.807, 2.05) is 46.8 Å². The summed E-state index contributed by atoms with van der Waals surface area (Å²) in [7, 11) is 1.90. The molecule has 0 aliphatic carbocycles. The van der Waals surface area contributed by atoms with Gasteiger partial charge in [0.15, 0.2) is 0 Å². The molecule has 0 amide bonds. The highest BCUT2D eigenvalue weighted by atomic mass is 79.9. The normalized spacial score (nSPS) is 11.7. The lowest BCUT2D eigenvalue weighted by Crippen LogP contribution is -2.00. The van der Waals surface area contributed by atoms with E-state index in [1.165, 1.54) is 0 Å². The summed E-state index contributed by atoms with van der Waals surface area (Å²) in [5.74, 6) is -0.271. The van der Waals surface area contributed by atoms with Gasteiger partial charge in [0.05, 0.1) is 6.61 Å². The number of aromatic nitrogens is 3. The van der Waals surface area contributed by atoms with Crippen LogP contribution in [0.15, 0.2) is 47.3 Å². The molecule has 4 nitrogen and oxygen atoms in total. The fraction of sp³-hybridized carbons (Fsp3) is 0.167. The molecule has 1 N–H and O–H groups in total. The fourth-order valence-electron chi connectivity index (χ4n) is 3.19. The topological polar surface area (TPSA) is 43.0 Å². The maximum atomic E-state index is 14.8. The Balaban J connectivity index is 2.03. The monoisotopic (exact) mass is 387 g/mol. The molecule has 6 heteroatoms. The second-order valence-electron chi connectivity index (χ2n) is 5.77. The Morgan fingerprint density at radius 1 is 1.25 bits per heavy atom. The maximum absolute atomic E-state index is 14.8. The van der Waals surface area contributed by atoms with E-state index in [0.717, 1.165) is 32.0 Å². The zero-order valence-electron chi connectivity index (χ0n) is 13.0. The summed E-state index contributed by atoms with van der Waals surface area (Å²) in [5.41, 5.74) is 3.02. The molecule has 0 saturated heterocycles. The van der Waals surface area contributed by atoms with Gasteiger partial charge in [-0.15, -0.1) is 0 Å². The highest BCUT2D eigenvalue weighted by molar-refractivity contribution is 9.10. The van der Waals surface area contributed by atoms with Gasteiger partial charge in [0, 0.05) is 64.1 Å². The molecule has 0 unspecified atom stereocenters. The minimum absolute atomic E-state index is 0.0419. The van der Waals surface area contributed by atoms with Crippen molar-refractivity contribution in [2.24, 2.45) is 7.05 Å². The predicted molar refractivity (Wildman–Crippen MR) is 96.4 cm³/mol. The number of hydrogen-bond donors (Lipinski definition) is 1. The molecule has 3 heterocycles. The van der Waals surface area contributed by atoms with Crippen molar-refractivity contribution in [1.82, 2.24) is 14.1 Å². The van der Waals surface area contributed by atoms with Crippen LogP contribution in [-0.4, -0.2) is 25.8 Å². The lowest BCUT2D eigenvalue weighted by Gasteiger charge is -2.07. The highest BCUT2D eigenvalue weighted by Crippen LogP contribution is 2.37. The van der Waals surface area contributed by atoms with Crippen LogP contribution >= 0.6 is 15.9 Å². The molecular formula is C18H15BrFN3O. The molecule has 0 saturated carbocycles. The Hall–Kier alpha value is -2.18. The number of aryl methyl sites for hydroxylation is 1. The highest BCUT2D eigenvalue weighted by Gasteiger charge is 2.17. The second-order valence-corrected chi connectivity index (χ2v) is 6.62. The third-order valence-corrected chi connectivity index (χ3v) is 4.96. The number of benzene rings is 1. The molecule has 3 aromatic heterocycles. The third kappa shape index (κ3) is 2.25. The number of rotatable bonds is 3. The molecule has 1 aromatic carbocycles. The first-order chi connectivity index (χ1) is 11.6. The molecule has 0 spiro atoms. The number of aliphatic hydroxyl groups is 1. The average molecular weight is 388 g/mol. The van der Waals surface area contributed by atoms with Crippen LogP contribution in [0, 0.1) is 5.82 Å². The number of pyridine rings is 1. The summed E-state index contributed by atoms with van der Waals surface area (Å²) < 4.78 is 19.5. The molecule has 0 aliphatic heterocycles. The minimum atomic E-state index is -0.271. The van der Waals surface area contributed by atoms with E-state index >= 15 is 0 Å². The summed E-state index contributed by atoms with van der Waals surface area (Å²) in [6.45, 7) is 0.523. The van der Waals surface area contributed by atoms with Gasteiger partial charge in [-0.05, 0) is 40.2 Å². The molecule has 0 bridgehead atoms. The Morgan fingerprint density at radius 2 is 2.08 bits per heavy atom. The molecule has 4 rings (SSSR count). The second kappa shape index (κ2) is 5.72. The SMILES string of the molecule is Cn1cc(-c2cc3c(ccn3CCO)cc2F)c2c(Br)ccnc21. The van der Waals surface area contributed by atoms with Gasteiger partial charge in [-0.3, -0.25) is 0 Å². The van der Waals surface area contributed by atoms with E-state index in [4.69, 9.17) is 0 Å². The van der Waals surface area contributed by atoms with Crippen LogP contribution in [-0.2, 0) is 13.6 Å². The van der Waals surface area contributed by atoms with Crippen molar-refractivity contribution in [3.63, 3.8) is 0 Å². The number of fused-ring (bicyclic) bond motifs is 2. The molecule has 4 aromatic rings. The first-order valence-corrected chi connectivity index (χ1v) is 8.38. The van der Waals surface area contributed by atoms with Gasteiger partial charge in [0.1, 0.15) is 11.5 Å². The summed E-state index contributed by atoms with van der Waals surface area (Å²) in [5, 5.41) is 10.9. The Bertz CT molecular complexity index is 1070. The maximum Gasteiger partial charge on any atom is 0.141 e. The van der Waals surface area contributed by atoms with E-state index in [0.29, 0.717) is 12.1 Å². The summed E-state index contributed by atoms with van der Waals surface area (Å²) >= 11 is 3.55. The molecule has 0 fully saturated rings. The number of halogens is 2. The lowest BCUT2D eigenvalue weighted by atomic mass is 10.0. The molecule has 24 heavy (non-hydrogen) atoms. The van der Waals surface area contributed by atoms with E-state index in [2.05, 4.69) is 20.9 Å². The van der Waals surface area contributed by atoms with Crippen LogP contribution in [0.1, 0.15) is 0 Å². The van der Waals surface area contributed by atoms with E-state index in [1.54, 1.807) is 12.3 Å². The number of nitrogens with zero attached hydrogens (tertiary/aromatic N) is 3. The van der Waals surface area contributed by atoms with Crippen molar-refractivity contribution < 1.29 is 9.50 Å². The fourth-order valence-corrected chi connectivity index (χ4v) is 3.70. The minimum Gasteiger partial charge on any atom is -0.395 e. The Kier molecular flexibility index (Phi) is 3.66. The van der Waals surface area contributed by atoms with Crippen LogP contribution in [0.3, 0.4) is 0 Å². The lowest BCUT2D eigenvalue weighted by molar-refractivity contribution is 0.278. The molecular weight excluding hydrogens is 373 g/mol. The first kappa shape index (κ1) is 15.4. The Morgan fingerprint density at radius 3 is 2.88 bits per heavy atom. The van der Waals surface area contributed by atoms with Crippen molar-refractivity contribution in [1.29, 1.82) is 0 Å². The average Bonchev–Trinajstić information content (AvgIpc) is 3.09. The van der Waals surface area contributed by atoms with Crippen LogP contribution in [0.25, 0.3) is 33.1 Å². The summed E-state index contributed by atoms with van der Waals surface area (Å²) in [6.07, 6.45) is 5.48. The van der Waals surface area contributed by atoms with Gasteiger partial charge in [0.2, 0.25) is 0 Å². The summed E-state index contributed by atoms with van der Waals surface area (Å²) in [4.78, 5) is 4.39. The van der Waals surface area contributed by atoms with Gasteiger partial charge in [-0.2, -0.15) is 0 Å². The van der Waals surface area contributed by atoms with Crippen molar-refractivity contribution >= 4 is 37.9 Å². The molecule has 122 valence electrons. The van der Waals surface area contributed by atoms with E-state index < -0.39 is 0 Å². The molecule has 0 aliphatic rings. The van der Waals surface area contributed by atoms with Crippen LogP contribution < -0.4 is 0 Å². The third-order valence-electron chi connectivity index (χ3n) is 4.30. The van der Waals surface area contributed by atoms with Gasteiger partial charge in [0.25, 0.3) is 0 Å². The molecule has 0 radical (unpaired) electrons. The van der Waals surface area contributed by atoms with E-state index in [-0.39, 0.29) is 12.4 Å². The van der Waals surface area contributed by atoms with Gasteiger partial charge in [-0.1, -0.05) is 0 Å². The first-order valence-electron chi connectivity index (χ1n) is 7.59. The van der Waals surface area contributed by atoms with E-state index in [9.17, 15) is 9.50 Å². The standard InChI is InChI=1S/C18H15BrFN3O/c1-22-10-13(17-14(19)2-4-21-18(17)22)12-9-16-11(8-15(12)20)3-5-23(16)6-7-24/h2-5,8-10,24H,6-7H2,1H3. The Labute approximate surface area is 146 Å². The summed E-state index contributed by atoms with van der Waals surface area (Å²) in [6, 6.07) is 7.10. The van der Waals surface area contributed by atoms with Gasteiger partial charge < -0.3 is 14.2 Å². The van der Waals surface area contributed by atoms with Crippen LogP contribution in [0.2, 0.25) is 0 Å². The quantitative estimate of drug-likeness (QED) is 0.575. The van der Waals surface area contributed by atoms with Crippen LogP contribution in [0.4, 0.5) is 4.39 Å². The van der Waals surface area contributed by atoms with Crippen LogP contribution in [0.5, 0.6) is 0 Å². The number of aliphatic hydroxyl groups excluding tert-OH is 1. The predicted octanol–water partition coefficient (Wildman–Crippen LogP) is 4.09. The van der Waals surface area contributed by atoms with Crippen molar-refractivity contribution in [3.05, 3.63) is 53.1 Å².